The number of nitrogens with one attached hydrogen (secondary N) is 1. The normalized spacial score (nSPS) is 11.1. The van der Waals surface area contributed by atoms with Crippen molar-refractivity contribution in [3.8, 4) is 10.8 Å². The van der Waals surface area contributed by atoms with E-state index in [-0.39, 0.29) is 12.5 Å². The first-order valence-corrected chi connectivity index (χ1v) is 9.00. The monoisotopic (exact) mass is 360 g/mol. The maximum absolute atomic E-state index is 12.1. The topological polar surface area (TPSA) is 84.4 Å². The van der Waals surface area contributed by atoms with Gasteiger partial charge in [-0.05, 0) is 36.5 Å². The summed E-state index contributed by atoms with van der Waals surface area (Å²) in [6, 6.07) is 7.50. The summed E-state index contributed by atoms with van der Waals surface area (Å²) in [5, 5.41) is 13.0. The smallest absolute Gasteiger partial charge is 0.257 e. The molecule has 0 radical (unpaired) electrons. The fourth-order valence-electron chi connectivity index (χ4n) is 2.40. The van der Waals surface area contributed by atoms with E-state index in [1.165, 1.54) is 0 Å². The largest absolute Gasteiger partial charge is 0.467 e. The van der Waals surface area contributed by atoms with E-state index in [0.29, 0.717) is 24.9 Å². The summed E-state index contributed by atoms with van der Waals surface area (Å²) in [5.74, 6) is 1.69. The first kappa shape index (κ1) is 17.4. The third-order valence-electron chi connectivity index (χ3n) is 3.50. The molecule has 3 aromatic heterocycles. The van der Waals surface area contributed by atoms with Gasteiger partial charge in [-0.15, -0.1) is 21.5 Å². The Kier molecular flexibility index (Phi) is 5.97. The summed E-state index contributed by atoms with van der Waals surface area (Å²) in [5.41, 5.74) is 0. The number of carbonyl (C=O) groups excluding carboxylic acids is 1. The van der Waals surface area contributed by atoms with Crippen LogP contribution in [0, 0.1) is 0 Å². The Morgan fingerprint density at radius 2 is 2.24 bits per heavy atom. The van der Waals surface area contributed by atoms with Gasteiger partial charge >= 0.3 is 0 Å². The Bertz CT molecular complexity index is 768. The van der Waals surface area contributed by atoms with Crippen LogP contribution < -0.4 is 5.32 Å². The van der Waals surface area contributed by atoms with Crippen molar-refractivity contribution in [2.45, 2.75) is 26.4 Å². The number of hydrogen-bond donors (Lipinski definition) is 1. The Hall–Kier alpha value is -2.45. The number of aromatic nitrogens is 2. The van der Waals surface area contributed by atoms with Gasteiger partial charge in [-0.1, -0.05) is 13.0 Å². The first-order chi connectivity index (χ1) is 12.2. The van der Waals surface area contributed by atoms with Gasteiger partial charge in [-0.3, -0.25) is 9.69 Å². The van der Waals surface area contributed by atoms with Crippen LogP contribution in [0.15, 0.2) is 44.7 Å². The lowest BCUT2D eigenvalue weighted by atomic mass is 10.3. The maximum atomic E-state index is 12.1. The summed E-state index contributed by atoms with van der Waals surface area (Å²) in [6.07, 6.45) is 2.52. The molecule has 7 nitrogen and oxygen atoms in total. The molecule has 0 aliphatic rings. The number of amides is 1. The highest BCUT2D eigenvalue weighted by Crippen LogP contribution is 2.23. The zero-order chi connectivity index (χ0) is 17.5. The van der Waals surface area contributed by atoms with Gasteiger partial charge in [-0.2, -0.15) is 0 Å². The van der Waals surface area contributed by atoms with E-state index in [1.54, 1.807) is 23.7 Å². The van der Waals surface area contributed by atoms with Crippen LogP contribution in [0.4, 0.5) is 0 Å². The molecule has 132 valence electrons. The van der Waals surface area contributed by atoms with Crippen LogP contribution in [0.5, 0.6) is 0 Å². The zero-order valence-electron chi connectivity index (χ0n) is 14.0. The molecule has 0 aliphatic carbocycles. The average Bonchev–Trinajstić information content (AvgIpc) is 3.34. The fourth-order valence-corrected chi connectivity index (χ4v) is 3.04. The number of carbonyl (C=O) groups is 1. The Labute approximate surface area is 149 Å². The molecule has 1 N–H and O–H groups in total. The second-order valence-electron chi connectivity index (χ2n) is 5.55. The van der Waals surface area contributed by atoms with Crippen LogP contribution in [-0.4, -0.2) is 34.1 Å². The van der Waals surface area contributed by atoms with Crippen molar-refractivity contribution in [1.29, 1.82) is 0 Å². The van der Waals surface area contributed by atoms with Gasteiger partial charge in [0.15, 0.2) is 0 Å². The molecule has 0 atom stereocenters. The summed E-state index contributed by atoms with van der Waals surface area (Å²) in [7, 11) is 0. The highest BCUT2D eigenvalue weighted by atomic mass is 32.1. The van der Waals surface area contributed by atoms with Gasteiger partial charge in [0, 0.05) is 0 Å². The van der Waals surface area contributed by atoms with Gasteiger partial charge in [0.05, 0.1) is 30.8 Å². The zero-order valence-corrected chi connectivity index (χ0v) is 14.8. The SMILES string of the molecule is CCCN(CC(=O)NCc1ccco1)Cc1nnc(-c2cccs2)o1. The minimum atomic E-state index is -0.0668. The molecule has 25 heavy (non-hydrogen) atoms. The van der Waals surface area contributed by atoms with E-state index < -0.39 is 0 Å². The third kappa shape index (κ3) is 5.01. The second-order valence-corrected chi connectivity index (χ2v) is 6.49. The van der Waals surface area contributed by atoms with E-state index in [9.17, 15) is 4.79 Å². The van der Waals surface area contributed by atoms with Crippen LogP contribution in [0.3, 0.4) is 0 Å². The van der Waals surface area contributed by atoms with Gasteiger partial charge in [-0.25, -0.2) is 0 Å². The molecule has 0 unspecified atom stereocenters. The molecule has 0 saturated carbocycles. The summed E-state index contributed by atoms with van der Waals surface area (Å²) < 4.78 is 10.9. The third-order valence-corrected chi connectivity index (χ3v) is 4.36. The quantitative estimate of drug-likeness (QED) is 0.632. The first-order valence-electron chi connectivity index (χ1n) is 8.12. The van der Waals surface area contributed by atoms with E-state index in [0.717, 1.165) is 23.6 Å². The molecule has 0 aliphatic heterocycles. The van der Waals surface area contributed by atoms with E-state index >= 15 is 0 Å². The standard InChI is InChI=1S/C17H20N4O3S/c1-2-7-21(11-15(22)18-10-13-5-3-8-23-13)12-16-19-20-17(24-16)14-6-4-9-25-14/h3-6,8-9H,2,7,10-12H2,1H3,(H,18,22). The fraction of sp³-hybridized carbons (Fsp3) is 0.353. The van der Waals surface area contributed by atoms with Crippen LogP contribution in [-0.2, 0) is 17.9 Å². The lowest BCUT2D eigenvalue weighted by Gasteiger charge is -2.18. The van der Waals surface area contributed by atoms with Crippen LogP contribution >= 0.6 is 11.3 Å². The minimum Gasteiger partial charge on any atom is -0.467 e. The van der Waals surface area contributed by atoms with E-state index in [4.69, 9.17) is 8.83 Å². The maximum Gasteiger partial charge on any atom is 0.257 e. The van der Waals surface area contributed by atoms with Gasteiger partial charge < -0.3 is 14.2 Å². The Morgan fingerprint density at radius 1 is 1.32 bits per heavy atom. The molecule has 0 bridgehead atoms. The van der Waals surface area contributed by atoms with Gasteiger partial charge in [0.25, 0.3) is 5.89 Å². The Balaban J connectivity index is 1.54. The average molecular weight is 360 g/mol. The number of nitrogens with zero attached hydrogens (tertiary/aromatic N) is 3. The lowest BCUT2D eigenvalue weighted by Crippen LogP contribution is -2.37. The molecule has 0 saturated heterocycles. The molecule has 0 aromatic carbocycles. The molecule has 1 amide bonds. The highest BCUT2D eigenvalue weighted by Gasteiger charge is 2.15. The number of rotatable bonds is 9. The lowest BCUT2D eigenvalue weighted by molar-refractivity contribution is -0.122. The van der Waals surface area contributed by atoms with Crippen molar-refractivity contribution in [3.05, 3.63) is 47.6 Å². The number of furan rings is 1. The minimum absolute atomic E-state index is 0.0668. The van der Waals surface area contributed by atoms with Crippen LogP contribution in [0.25, 0.3) is 10.8 Å². The predicted molar refractivity (Wildman–Crippen MR) is 93.7 cm³/mol. The van der Waals surface area contributed by atoms with Gasteiger partial charge in [0.1, 0.15) is 5.76 Å². The van der Waals surface area contributed by atoms with Crippen LogP contribution in [0.2, 0.25) is 0 Å². The number of thiophene rings is 1. The molecular formula is C17H20N4O3S. The molecule has 3 heterocycles. The van der Waals surface area contributed by atoms with Crippen molar-refractivity contribution in [1.82, 2.24) is 20.4 Å². The highest BCUT2D eigenvalue weighted by molar-refractivity contribution is 7.13. The predicted octanol–water partition coefficient (Wildman–Crippen LogP) is 2.92. The van der Waals surface area contributed by atoms with E-state index in [1.807, 2.05) is 28.5 Å². The van der Waals surface area contributed by atoms with Crippen LogP contribution in [0.1, 0.15) is 25.0 Å². The van der Waals surface area contributed by atoms with Crippen molar-refractivity contribution in [3.63, 3.8) is 0 Å². The van der Waals surface area contributed by atoms with Crippen molar-refractivity contribution in [2.24, 2.45) is 0 Å². The van der Waals surface area contributed by atoms with Crippen molar-refractivity contribution in [2.75, 3.05) is 13.1 Å². The molecule has 3 aromatic rings. The molecule has 0 spiro atoms. The Morgan fingerprint density at radius 3 is 2.96 bits per heavy atom. The molecule has 8 heteroatoms. The van der Waals surface area contributed by atoms with E-state index in [2.05, 4.69) is 22.4 Å². The molecule has 0 fully saturated rings. The summed E-state index contributed by atoms with van der Waals surface area (Å²) in [6.45, 7) is 3.93. The molecular weight excluding hydrogens is 340 g/mol. The van der Waals surface area contributed by atoms with Crippen molar-refractivity contribution >= 4 is 17.2 Å². The summed E-state index contributed by atoms with van der Waals surface area (Å²) >= 11 is 1.55. The number of hydrogen-bond acceptors (Lipinski definition) is 7. The molecule has 3 rings (SSSR count). The second kappa shape index (κ2) is 8.59. The van der Waals surface area contributed by atoms with Gasteiger partial charge in [0.2, 0.25) is 11.8 Å². The summed E-state index contributed by atoms with van der Waals surface area (Å²) in [4.78, 5) is 15.1. The van der Waals surface area contributed by atoms with Crippen molar-refractivity contribution < 1.29 is 13.6 Å².